The molecule has 19 heavy (non-hydrogen) atoms. The summed E-state index contributed by atoms with van der Waals surface area (Å²) in [5.74, 6) is 0. The first-order valence-electron chi connectivity index (χ1n) is 7.29. The summed E-state index contributed by atoms with van der Waals surface area (Å²) in [4.78, 5) is 2.50. The molecule has 2 atom stereocenters. The summed E-state index contributed by atoms with van der Waals surface area (Å²) in [6, 6.07) is 0.398. The van der Waals surface area contributed by atoms with Crippen molar-refractivity contribution in [2.24, 2.45) is 0 Å². The summed E-state index contributed by atoms with van der Waals surface area (Å²) >= 11 is 0. The molecule has 1 aliphatic rings. The third-order valence-electron chi connectivity index (χ3n) is 3.34. The van der Waals surface area contributed by atoms with Crippen molar-refractivity contribution in [1.29, 1.82) is 0 Å². The van der Waals surface area contributed by atoms with E-state index in [1.165, 1.54) is 0 Å². The van der Waals surface area contributed by atoms with Gasteiger partial charge in [-0.3, -0.25) is 4.90 Å². The molecule has 4 heteroatoms. The molecule has 114 valence electrons. The second-order valence-corrected chi connectivity index (χ2v) is 7.36. The van der Waals surface area contributed by atoms with Crippen LogP contribution in [0, 0.1) is 0 Å². The minimum absolute atomic E-state index is 0.0780. The monoisotopic (exact) mass is 272 g/mol. The molecule has 1 N–H and O–H groups in total. The zero-order valence-corrected chi connectivity index (χ0v) is 13.7. The normalized spacial score (nSPS) is 26.4. The highest BCUT2D eigenvalue weighted by Gasteiger charge is 2.34. The van der Waals surface area contributed by atoms with Crippen LogP contribution in [0.4, 0.5) is 0 Å². The fraction of sp³-hybridized carbons (Fsp3) is 1.00. The van der Waals surface area contributed by atoms with E-state index in [-0.39, 0.29) is 17.2 Å². The maximum Gasteiger partial charge on any atom is 0.0757 e. The van der Waals surface area contributed by atoms with Gasteiger partial charge in [0.1, 0.15) is 0 Å². The van der Waals surface area contributed by atoms with Gasteiger partial charge in [-0.05, 0) is 41.5 Å². The van der Waals surface area contributed by atoms with E-state index < -0.39 is 0 Å². The molecule has 1 rings (SSSR count). The average Bonchev–Trinajstić information content (AvgIpc) is 2.19. The van der Waals surface area contributed by atoms with E-state index in [0.717, 1.165) is 26.2 Å². The van der Waals surface area contributed by atoms with Crippen LogP contribution >= 0.6 is 0 Å². The molecule has 0 amide bonds. The number of hydrogen-bond acceptors (Lipinski definition) is 4. The predicted molar refractivity (Wildman–Crippen MR) is 79.6 cm³/mol. The topological polar surface area (TPSA) is 33.7 Å². The van der Waals surface area contributed by atoms with Crippen molar-refractivity contribution >= 4 is 0 Å². The predicted octanol–water partition coefficient (Wildman–Crippen LogP) is 1.89. The fourth-order valence-electron chi connectivity index (χ4n) is 2.69. The van der Waals surface area contributed by atoms with Crippen molar-refractivity contribution in [2.75, 3.05) is 33.4 Å². The molecular weight excluding hydrogens is 240 g/mol. The van der Waals surface area contributed by atoms with Crippen LogP contribution in [0.2, 0.25) is 0 Å². The average molecular weight is 272 g/mol. The zero-order valence-electron chi connectivity index (χ0n) is 13.7. The van der Waals surface area contributed by atoms with Gasteiger partial charge in [0.05, 0.1) is 18.3 Å². The third-order valence-corrected chi connectivity index (χ3v) is 3.34. The molecule has 0 aromatic carbocycles. The number of nitrogens with one attached hydrogen (secondary N) is 1. The number of hydrogen-bond donors (Lipinski definition) is 1. The van der Waals surface area contributed by atoms with Gasteiger partial charge < -0.3 is 14.8 Å². The lowest BCUT2D eigenvalue weighted by Crippen LogP contribution is -2.59. The van der Waals surface area contributed by atoms with Crippen molar-refractivity contribution < 1.29 is 9.47 Å². The number of rotatable bonds is 5. The van der Waals surface area contributed by atoms with Crippen LogP contribution in [0.3, 0.4) is 0 Å². The van der Waals surface area contributed by atoms with Gasteiger partial charge in [-0.15, -0.1) is 0 Å². The van der Waals surface area contributed by atoms with Crippen molar-refractivity contribution in [3.63, 3.8) is 0 Å². The summed E-state index contributed by atoms with van der Waals surface area (Å²) in [7, 11) is 1.78. The maximum absolute atomic E-state index is 5.97. The van der Waals surface area contributed by atoms with Crippen LogP contribution in [-0.2, 0) is 9.47 Å². The van der Waals surface area contributed by atoms with Crippen LogP contribution in [-0.4, -0.2) is 61.5 Å². The zero-order chi connectivity index (χ0) is 14.7. The molecule has 0 aromatic heterocycles. The maximum atomic E-state index is 5.97. The molecule has 0 radical (unpaired) electrons. The summed E-state index contributed by atoms with van der Waals surface area (Å²) in [6.45, 7) is 16.7. The Morgan fingerprint density at radius 2 is 2.05 bits per heavy atom. The summed E-state index contributed by atoms with van der Waals surface area (Å²) < 4.78 is 11.4. The Hall–Kier alpha value is -0.160. The van der Waals surface area contributed by atoms with Gasteiger partial charge in [0.15, 0.2) is 0 Å². The molecular formula is C15H32N2O2. The minimum atomic E-state index is -0.0780. The van der Waals surface area contributed by atoms with Gasteiger partial charge in [-0.1, -0.05) is 0 Å². The molecule has 1 heterocycles. The lowest BCUT2D eigenvalue weighted by Gasteiger charge is -2.45. The van der Waals surface area contributed by atoms with E-state index in [0.29, 0.717) is 6.04 Å². The third kappa shape index (κ3) is 6.21. The largest absolute Gasteiger partial charge is 0.383 e. The van der Waals surface area contributed by atoms with Gasteiger partial charge in [-0.25, -0.2) is 0 Å². The SMILES string of the molecule is COCC(CNC(C)(C)C)N1CC(C)OC(C)(C)C1. The molecule has 0 aromatic rings. The summed E-state index contributed by atoms with van der Waals surface area (Å²) in [5.41, 5.74) is 0.0603. The second kappa shape index (κ2) is 6.53. The van der Waals surface area contributed by atoms with Crippen LogP contribution in [0.1, 0.15) is 41.5 Å². The lowest BCUT2D eigenvalue weighted by atomic mass is 10.0. The van der Waals surface area contributed by atoms with Crippen molar-refractivity contribution in [3.8, 4) is 0 Å². The first kappa shape index (κ1) is 16.9. The van der Waals surface area contributed by atoms with Gasteiger partial charge >= 0.3 is 0 Å². The lowest BCUT2D eigenvalue weighted by molar-refractivity contribution is -0.141. The molecule has 1 aliphatic heterocycles. The Bertz CT molecular complexity index is 274. The number of methoxy groups -OCH3 is 1. The number of nitrogens with zero attached hydrogens (tertiary/aromatic N) is 1. The molecule has 1 fully saturated rings. The molecule has 0 bridgehead atoms. The van der Waals surface area contributed by atoms with Crippen LogP contribution < -0.4 is 5.32 Å². The first-order chi connectivity index (χ1) is 8.63. The number of morpholine rings is 1. The fourth-order valence-corrected chi connectivity index (χ4v) is 2.69. The van der Waals surface area contributed by atoms with Gasteiger partial charge in [0.25, 0.3) is 0 Å². The molecule has 0 saturated carbocycles. The quantitative estimate of drug-likeness (QED) is 0.829. The highest BCUT2D eigenvalue weighted by atomic mass is 16.5. The van der Waals surface area contributed by atoms with Crippen molar-refractivity contribution in [3.05, 3.63) is 0 Å². The van der Waals surface area contributed by atoms with E-state index in [2.05, 4.69) is 51.8 Å². The van der Waals surface area contributed by atoms with Crippen molar-refractivity contribution in [1.82, 2.24) is 10.2 Å². The van der Waals surface area contributed by atoms with Crippen LogP contribution in [0.5, 0.6) is 0 Å². The highest BCUT2D eigenvalue weighted by molar-refractivity contribution is 4.88. The Labute approximate surface area is 118 Å². The van der Waals surface area contributed by atoms with E-state index >= 15 is 0 Å². The summed E-state index contributed by atoms with van der Waals surface area (Å²) in [5, 5.41) is 3.58. The minimum Gasteiger partial charge on any atom is -0.383 e. The first-order valence-corrected chi connectivity index (χ1v) is 7.29. The van der Waals surface area contributed by atoms with Crippen LogP contribution in [0.25, 0.3) is 0 Å². The molecule has 0 aliphatic carbocycles. The van der Waals surface area contributed by atoms with E-state index in [4.69, 9.17) is 9.47 Å². The van der Waals surface area contributed by atoms with Gasteiger partial charge in [-0.2, -0.15) is 0 Å². The molecule has 4 nitrogen and oxygen atoms in total. The molecule has 0 spiro atoms. The van der Waals surface area contributed by atoms with E-state index in [1.54, 1.807) is 7.11 Å². The van der Waals surface area contributed by atoms with E-state index in [9.17, 15) is 0 Å². The highest BCUT2D eigenvalue weighted by Crippen LogP contribution is 2.22. The van der Waals surface area contributed by atoms with Crippen molar-refractivity contribution in [2.45, 2.75) is 64.8 Å². The Balaban J connectivity index is 2.64. The van der Waals surface area contributed by atoms with E-state index in [1.807, 2.05) is 0 Å². The number of ether oxygens (including phenoxy) is 2. The van der Waals surface area contributed by atoms with Crippen LogP contribution in [0.15, 0.2) is 0 Å². The van der Waals surface area contributed by atoms with Gasteiger partial charge in [0, 0.05) is 38.3 Å². The molecule has 1 saturated heterocycles. The van der Waals surface area contributed by atoms with Gasteiger partial charge in [0.2, 0.25) is 0 Å². The smallest absolute Gasteiger partial charge is 0.0757 e. The summed E-state index contributed by atoms with van der Waals surface area (Å²) in [6.07, 6.45) is 0.276. The molecule has 2 unspecified atom stereocenters. The second-order valence-electron chi connectivity index (χ2n) is 7.36. The Kier molecular flexibility index (Phi) is 5.80. The Morgan fingerprint density at radius 1 is 1.42 bits per heavy atom. The standard InChI is InChI=1S/C15H32N2O2/c1-12-9-17(11-15(5,6)19-12)13(10-18-7)8-16-14(2,3)4/h12-13,16H,8-11H2,1-7H3. The Morgan fingerprint density at radius 3 is 2.53 bits per heavy atom.